The van der Waals surface area contributed by atoms with Crippen LogP contribution in [0.15, 0.2) is 35.2 Å². The summed E-state index contributed by atoms with van der Waals surface area (Å²) in [5, 5.41) is 4.30. The van der Waals surface area contributed by atoms with Crippen molar-refractivity contribution >= 4 is 29.1 Å². The molecule has 0 spiro atoms. The van der Waals surface area contributed by atoms with E-state index in [9.17, 15) is 0 Å². The van der Waals surface area contributed by atoms with Gasteiger partial charge in [-0.15, -0.1) is 11.8 Å². The summed E-state index contributed by atoms with van der Waals surface area (Å²) < 4.78 is 0. The molecule has 1 aromatic carbocycles. The molecule has 0 saturated heterocycles. The molecule has 1 aliphatic rings. The van der Waals surface area contributed by atoms with Crippen LogP contribution in [0.1, 0.15) is 32.6 Å². The Labute approximate surface area is 138 Å². The first-order chi connectivity index (χ1) is 10.2. The van der Waals surface area contributed by atoms with Crippen LogP contribution in [0.4, 0.5) is 0 Å². The first-order valence-corrected chi connectivity index (χ1v) is 9.24. The summed E-state index contributed by atoms with van der Waals surface area (Å²) in [4.78, 5) is 3.59. The van der Waals surface area contributed by atoms with E-state index in [1.54, 1.807) is 0 Å². The van der Waals surface area contributed by atoms with Crippen LogP contribution in [0.25, 0.3) is 0 Å². The van der Waals surface area contributed by atoms with Crippen molar-refractivity contribution in [2.24, 2.45) is 5.92 Å². The van der Waals surface area contributed by atoms with E-state index in [1.807, 2.05) is 11.8 Å². The minimum atomic E-state index is 0.628. The first kappa shape index (κ1) is 16.6. The summed E-state index contributed by atoms with van der Waals surface area (Å²) in [5.74, 6) is 1.93. The van der Waals surface area contributed by atoms with Crippen LogP contribution in [0.2, 0.25) is 0 Å². The summed E-state index contributed by atoms with van der Waals surface area (Å²) in [6, 6.07) is 11.1. The van der Waals surface area contributed by atoms with Gasteiger partial charge < -0.3 is 10.2 Å². The second-order valence-corrected chi connectivity index (χ2v) is 7.47. The molecule has 2 nitrogen and oxygen atoms in total. The molecule has 0 radical (unpaired) electrons. The standard InChI is InChI=1S/C17H26N2S2/c1-14-8-10-15(11-9-14)19(2)17(20)18-12-13-21-16-6-4-3-5-7-16/h3-7,14-15H,8-13H2,1-2H3,(H,18,20). The fourth-order valence-corrected chi connectivity index (χ4v) is 3.80. The van der Waals surface area contributed by atoms with Crippen molar-refractivity contribution in [1.82, 2.24) is 10.2 Å². The third-order valence-electron chi connectivity index (χ3n) is 4.24. The molecule has 0 unspecified atom stereocenters. The van der Waals surface area contributed by atoms with E-state index in [1.165, 1.54) is 30.6 Å². The van der Waals surface area contributed by atoms with Gasteiger partial charge in [0.25, 0.3) is 0 Å². The van der Waals surface area contributed by atoms with Gasteiger partial charge >= 0.3 is 0 Å². The molecule has 1 N–H and O–H groups in total. The molecule has 0 aromatic heterocycles. The average molecular weight is 323 g/mol. The highest BCUT2D eigenvalue weighted by atomic mass is 32.2. The Balaban J connectivity index is 1.64. The molecule has 0 amide bonds. The number of nitrogens with zero attached hydrogens (tertiary/aromatic N) is 1. The van der Waals surface area contributed by atoms with Crippen LogP contribution < -0.4 is 5.32 Å². The summed E-state index contributed by atoms with van der Waals surface area (Å²) >= 11 is 7.39. The SMILES string of the molecule is CC1CCC(N(C)C(=S)NCCSc2ccccc2)CC1. The summed E-state index contributed by atoms with van der Waals surface area (Å²) in [6.07, 6.45) is 5.22. The number of thioether (sulfide) groups is 1. The van der Waals surface area contributed by atoms with E-state index in [0.717, 1.165) is 23.3 Å². The molecule has 0 heterocycles. The predicted octanol–water partition coefficient (Wildman–Crippen LogP) is 4.16. The largest absolute Gasteiger partial charge is 0.362 e. The van der Waals surface area contributed by atoms with E-state index in [2.05, 4.69) is 54.5 Å². The lowest BCUT2D eigenvalue weighted by molar-refractivity contribution is 0.237. The minimum Gasteiger partial charge on any atom is -0.362 e. The van der Waals surface area contributed by atoms with Gasteiger partial charge in [0, 0.05) is 30.3 Å². The molecule has 116 valence electrons. The Morgan fingerprint density at radius 3 is 2.57 bits per heavy atom. The number of hydrogen-bond acceptors (Lipinski definition) is 2. The van der Waals surface area contributed by atoms with Crippen LogP contribution in [0, 0.1) is 5.92 Å². The van der Waals surface area contributed by atoms with Crippen LogP contribution in [-0.4, -0.2) is 35.4 Å². The lowest BCUT2D eigenvalue weighted by Gasteiger charge is -2.35. The van der Waals surface area contributed by atoms with E-state index in [0.29, 0.717) is 6.04 Å². The third kappa shape index (κ3) is 5.51. The highest BCUT2D eigenvalue weighted by molar-refractivity contribution is 7.99. The van der Waals surface area contributed by atoms with Crippen molar-refractivity contribution in [3.63, 3.8) is 0 Å². The maximum Gasteiger partial charge on any atom is 0.168 e. The highest BCUT2D eigenvalue weighted by Crippen LogP contribution is 2.26. The maximum atomic E-state index is 5.52. The fourth-order valence-electron chi connectivity index (χ4n) is 2.76. The lowest BCUT2D eigenvalue weighted by Crippen LogP contribution is -2.45. The van der Waals surface area contributed by atoms with Crippen LogP contribution in [0.3, 0.4) is 0 Å². The topological polar surface area (TPSA) is 15.3 Å². The molecule has 1 aromatic rings. The normalized spacial score (nSPS) is 21.8. The minimum absolute atomic E-state index is 0.628. The van der Waals surface area contributed by atoms with E-state index >= 15 is 0 Å². The van der Waals surface area contributed by atoms with Gasteiger partial charge in [0.15, 0.2) is 5.11 Å². The molecular formula is C17H26N2S2. The quantitative estimate of drug-likeness (QED) is 0.497. The molecule has 4 heteroatoms. The van der Waals surface area contributed by atoms with Crippen molar-refractivity contribution in [3.05, 3.63) is 30.3 Å². The highest BCUT2D eigenvalue weighted by Gasteiger charge is 2.22. The summed E-state index contributed by atoms with van der Waals surface area (Å²) in [6.45, 7) is 3.28. The van der Waals surface area contributed by atoms with Crippen molar-refractivity contribution < 1.29 is 0 Å². The van der Waals surface area contributed by atoms with Crippen molar-refractivity contribution in [3.8, 4) is 0 Å². The van der Waals surface area contributed by atoms with Gasteiger partial charge in [0.05, 0.1) is 0 Å². The lowest BCUT2D eigenvalue weighted by atomic mass is 9.87. The zero-order chi connectivity index (χ0) is 15.1. The van der Waals surface area contributed by atoms with E-state index in [-0.39, 0.29) is 0 Å². The Hall–Kier alpha value is -0.740. The van der Waals surface area contributed by atoms with Crippen LogP contribution in [-0.2, 0) is 0 Å². The maximum absolute atomic E-state index is 5.52. The average Bonchev–Trinajstić information content (AvgIpc) is 2.52. The monoisotopic (exact) mass is 322 g/mol. The summed E-state index contributed by atoms with van der Waals surface area (Å²) in [7, 11) is 2.14. The van der Waals surface area contributed by atoms with Gasteiger partial charge in [-0.2, -0.15) is 0 Å². The smallest absolute Gasteiger partial charge is 0.168 e. The Kier molecular flexibility index (Phi) is 6.84. The predicted molar refractivity (Wildman–Crippen MR) is 96.9 cm³/mol. The van der Waals surface area contributed by atoms with Crippen LogP contribution in [0.5, 0.6) is 0 Å². The van der Waals surface area contributed by atoms with Gasteiger partial charge in [-0.25, -0.2) is 0 Å². The van der Waals surface area contributed by atoms with Crippen LogP contribution >= 0.6 is 24.0 Å². The fraction of sp³-hybridized carbons (Fsp3) is 0.588. The number of thiocarbonyl (C=S) groups is 1. The Bertz CT molecular complexity index is 428. The number of nitrogens with one attached hydrogen (secondary N) is 1. The molecule has 0 atom stereocenters. The molecule has 1 saturated carbocycles. The van der Waals surface area contributed by atoms with Gasteiger partial charge in [0.1, 0.15) is 0 Å². The number of rotatable bonds is 5. The first-order valence-electron chi connectivity index (χ1n) is 7.85. The van der Waals surface area contributed by atoms with E-state index < -0.39 is 0 Å². The zero-order valence-electron chi connectivity index (χ0n) is 13.0. The van der Waals surface area contributed by atoms with Crippen molar-refractivity contribution in [2.45, 2.75) is 43.5 Å². The van der Waals surface area contributed by atoms with Gasteiger partial charge in [-0.3, -0.25) is 0 Å². The number of benzene rings is 1. The Morgan fingerprint density at radius 1 is 1.24 bits per heavy atom. The van der Waals surface area contributed by atoms with Gasteiger partial charge in [-0.05, 0) is 56.0 Å². The van der Waals surface area contributed by atoms with Gasteiger partial charge in [0.2, 0.25) is 0 Å². The second-order valence-electron chi connectivity index (χ2n) is 5.92. The third-order valence-corrected chi connectivity index (χ3v) is 5.69. The molecule has 2 rings (SSSR count). The van der Waals surface area contributed by atoms with Crippen molar-refractivity contribution in [1.29, 1.82) is 0 Å². The molecule has 1 fully saturated rings. The summed E-state index contributed by atoms with van der Waals surface area (Å²) in [5.41, 5.74) is 0. The van der Waals surface area contributed by atoms with E-state index in [4.69, 9.17) is 12.2 Å². The molecular weight excluding hydrogens is 296 g/mol. The second kappa shape index (κ2) is 8.64. The Morgan fingerprint density at radius 2 is 1.90 bits per heavy atom. The molecule has 0 aliphatic heterocycles. The number of hydrogen-bond donors (Lipinski definition) is 1. The van der Waals surface area contributed by atoms with Crippen molar-refractivity contribution in [2.75, 3.05) is 19.3 Å². The van der Waals surface area contributed by atoms with Gasteiger partial charge in [-0.1, -0.05) is 25.1 Å². The zero-order valence-corrected chi connectivity index (χ0v) is 14.7. The molecule has 1 aliphatic carbocycles. The molecule has 0 bridgehead atoms. The molecule has 21 heavy (non-hydrogen) atoms.